The molecule has 9 heteroatoms. The Bertz CT molecular complexity index is 1330. The number of thiophene rings is 1. The van der Waals surface area contributed by atoms with Gasteiger partial charge in [0, 0.05) is 42.1 Å². The average molecular weight is 471 g/mol. The van der Waals surface area contributed by atoms with Crippen molar-refractivity contribution in [1.29, 1.82) is 0 Å². The van der Waals surface area contributed by atoms with Gasteiger partial charge >= 0.3 is 0 Å². The highest BCUT2D eigenvalue weighted by Crippen LogP contribution is 2.38. The summed E-state index contributed by atoms with van der Waals surface area (Å²) in [6, 6.07) is 16.6. The quantitative estimate of drug-likeness (QED) is 0.438. The second-order valence-electron chi connectivity index (χ2n) is 7.24. The van der Waals surface area contributed by atoms with Gasteiger partial charge in [-0.2, -0.15) is 4.31 Å². The Labute approximate surface area is 189 Å². The fourth-order valence-electron chi connectivity index (χ4n) is 3.85. The van der Waals surface area contributed by atoms with Crippen LogP contribution in [0.5, 0.6) is 0 Å². The lowest BCUT2D eigenvalue weighted by Gasteiger charge is -2.35. The summed E-state index contributed by atoms with van der Waals surface area (Å²) in [5.41, 5.74) is 2.22. The van der Waals surface area contributed by atoms with Gasteiger partial charge in [-0.25, -0.2) is 18.4 Å². The molecule has 0 N–H and O–H groups in total. The van der Waals surface area contributed by atoms with E-state index in [1.54, 1.807) is 35.9 Å². The van der Waals surface area contributed by atoms with Gasteiger partial charge in [-0.05, 0) is 23.8 Å². The minimum absolute atomic E-state index is 0.224. The third kappa shape index (κ3) is 3.80. The van der Waals surface area contributed by atoms with Gasteiger partial charge in [0.05, 0.1) is 10.3 Å². The predicted octanol–water partition coefficient (Wildman–Crippen LogP) is 4.52. The zero-order chi connectivity index (χ0) is 21.4. The van der Waals surface area contributed by atoms with Crippen molar-refractivity contribution < 1.29 is 8.42 Å². The molecule has 0 spiro atoms. The summed E-state index contributed by atoms with van der Waals surface area (Å²) in [6.07, 6.45) is 1.58. The van der Waals surface area contributed by atoms with E-state index in [1.807, 2.05) is 18.2 Å². The molecule has 0 aliphatic carbocycles. The average Bonchev–Trinajstić information content (AvgIpc) is 3.24. The number of piperazine rings is 1. The number of nitrogens with zero attached hydrogens (tertiary/aromatic N) is 4. The summed E-state index contributed by atoms with van der Waals surface area (Å²) in [5, 5.41) is 3.54. The first-order chi connectivity index (χ1) is 15.0. The number of fused-ring (bicyclic) bond motifs is 1. The molecule has 0 saturated carbocycles. The first-order valence-electron chi connectivity index (χ1n) is 9.82. The highest BCUT2D eigenvalue weighted by molar-refractivity contribution is 7.89. The van der Waals surface area contributed by atoms with Crippen LogP contribution in [0.4, 0.5) is 5.82 Å². The first kappa shape index (κ1) is 20.4. The molecule has 1 fully saturated rings. The Morgan fingerprint density at radius 3 is 2.45 bits per heavy atom. The lowest BCUT2D eigenvalue weighted by atomic mass is 10.1. The molecule has 5 rings (SSSR count). The van der Waals surface area contributed by atoms with Crippen LogP contribution < -0.4 is 4.90 Å². The molecule has 0 unspecified atom stereocenters. The Morgan fingerprint density at radius 1 is 0.935 bits per heavy atom. The number of benzene rings is 2. The molecule has 2 aromatic carbocycles. The van der Waals surface area contributed by atoms with Crippen LogP contribution in [0.1, 0.15) is 0 Å². The molecular weight excluding hydrogens is 452 g/mol. The number of hydrogen-bond donors (Lipinski definition) is 0. The van der Waals surface area contributed by atoms with Crippen molar-refractivity contribution in [2.75, 3.05) is 31.1 Å². The van der Waals surface area contributed by atoms with E-state index >= 15 is 0 Å². The molecule has 0 amide bonds. The molecule has 0 radical (unpaired) electrons. The molecule has 6 nitrogen and oxygen atoms in total. The van der Waals surface area contributed by atoms with Crippen molar-refractivity contribution in [1.82, 2.24) is 14.3 Å². The number of hydrogen-bond acceptors (Lipinski definition) is 6. The monoisotopic (exact) mass is 470 g/mol. The summed E-state index contributed by atoms with van der Waals surface area (Å²) < 4.78 is 27.5. The van der Waals surface area contributed by atoms with Gasteiger partial charge in [0.2, 0.25) is 10.0 Å². The molecule has 2 aromatic heterocycles. The zero-order valence-corrected chi connectivity index (χ0v) is 18.9. The van der Waals surface area contributed by atoms with Gasteiger partial charge in [0.25, 0.3) is 0 Å². The van der Waals surface area contributed by atoms with Crippen LogP contribution >= 0.6 is 22.9 Å². The van der Waals surface area contributed by atoms with Crippen LogP contribution in [0.25, 0.3) is 21.3 Å². The lowest BCUT2D eigenvalue weighted by molar-refractivity contribution is 0.384. The van der Waals surface area contributed by atoms with Crippen LogP contribution in [0.3, 0.4) is 0 Å². The topological polar surface area (TPSA) is 66.4 Å². The molecule has 0 atom stereocenters. The minimum atomic E-state index is -3.58. The summed E-state index contributed by atoms with van der Waals surface area (Å²) in [4.78, 5) is 12.3. The lowest BCUT2D eigenvalue weighted by Crippen LogP contribution is -2.49. The fraction of sp³-hybridized carbons (Fsp3) is 0.182. The molecule has 3 heterocycles. The minimum Gasteiger partial charge on any atom is -0.353 e. The van der Waals surface area contributed by atoms with E-state index in [4.69, 9.17) is 11.6 Å². The maximum atomic E-state index is 13.0. The van der Waals surface area contributed by atoms with Gasteiger partial charge in [0.15, 0.2) is 0 Å². The highest BCUT2D eigenvalue weighted by Gasteiger charge is 2.30. The largest absolute Gasteiger partial charge is 0.353 e. The van der Waals surface area contributed by atoms with Gasteiger partial charge < -0.3 is 4.90 Å². The summed E-state index contributed by atoms with van der Waals surface area (Å²) >= 11 is 7.59. The smallest absolute Gasteiger partial charge is 0.243 e. The summed E-state index contributed by atoms with van der Waals surface area (Å²) in [7, 11) is -3.58. The molecular formula is C22H19ClN4O2S2. The molecule has 158 valence electrons. The maximum absolute atomic E-state index is 13.0. The van der Waals surface area contributed by atoms with Crippen molar-refractivity contribution in [3.8, 4) is 11.1 Å². The fourth-order valence-corrected chi connectivity index (χ4v) is 6.48. The molecule has 0 bridgehead atoms. The molecule has 4 aromatic rings. The zero-order valence-electron chi connectivity index (χ0n) is 16.5. The number of sulfonamides is 1. The predicted molar refractivity (Wildman–Crippen MR) is 125 cm³/mol. The Balaban J connectivity index is 1.43. The molecule has 1 aliphatic rings. The van der Waals surface area contributed by atoms with Crippen molar-refractivity contribution >= 4 is 49.0 Å². The third-order valence-electron chi connectivity index (χ3n) is 5.41. The molecule has 31 heavy (non-hydrogen) atoms. The highest BCUT2D eigenvalue weighted by atomic mass is 35.5. The van der Waals surface area contributed by atoms with Gasteiger partial charge in [-0.15, -0.1) is 11.3 Å². The van der Waals surface area contributed by atoms with Gasteiger partial charge in [0.1, 0.15) is 17.0 Å². The van der Waals surface area contributed by atoms with E-state index in [9.17, 15) is 8.42 Å². The number of halogens is 1. The van der Waals surface area contributed by atoms with Crippen LogP contribution in [0.2, 0.25) is 5.02 Å². The van der Waals surface area contributed by atoms with E-state index in [-0.39, 0.29) is 4.90 Å². The number of rotatable bonds is 4. The van der Waals surface area contributed by atoms with Crippen LogP contribution in [0, 0.1) is 0 Å². The Hall–Kier alpha value is -2.52. The second kappa shape index (κ2) is 8.20. The Kier molecular flexibility index (Phi) is 5.39. The van der Waals surface area contributed by atoms with Crippen LogP contribution in [-0.4, -0.2) is 48.9 Å². The standard InChI is InChI=1S/C22H19ClN4O2S2/c23-17-7-4-8-18(13-17)31(28,29)27-11-9-26(10-12-27)21-20-19(16-5-2-1-3-6-16)14-30-22(20)25-15-24-21/h1-8,13-15H,9-12H2. The van der Waals surface area contributed by atoms with Crippen molar-refractivity contribution in [3.05, 3.63) is 71.3 Å². The van der Waals surface area contributed by atoms with E-state index < -0.39 is 10.0 Å². The van der Waals surface area contributed by atoms with Gasteiger partial charge in [-0.3, -0.25) is 0 Å². The normalized spacial score (nSPS) is 15.5. The first-order valence-corrected chi connectivity index (χ1v) is 12.5. The Morgan fingerprint density at radius 2 is 1.71 bits per heavy atom. The maximum Gasteiger partial charge on any atom is 0.243 e. The van der Waals surface area contributed by atoms with E-state index in [1.165, 1.54) is 10.4 Å². The second-order valence-corrected chi connectivity index (χ2v) is 10.5. The number of anilines is 1. The van der Waals surface area contributed by atoms with E-state index in [0.717, 1.165) is 27.2 Å². The molecule has 1 saturated heterocycles. The SMILES string of the molecule is O=S(=O)(c1cccc(Cl)c1)N1CCN(c2ncnc3scc(-c4ccccc4)c23)CC1. The van der Waals surface area contributed by atoms with Crippen LogP contribution in [0.15, 0.2) is 71.2 Å². The van der Waals surface area contributed by atoms with E-state index in [0.29, 0.717) is 31.2 Å². The third-order valence-corrected chi connectivity index (χ3v) is 8.42. The van der Waals surface area contributed by atoms with Crippen molar-refractivity contribution in [3.63, 3.8) is 0 Å². The van der Waals surface area contributed by atoms with Crippen molar-refractivity contribution in [2.45, 2.75) is 4.90 Å². The van der Waals surface area contributed by atoms with Crippen molar-refractivity contribution in [2.24, 2.45) is 0 Å². The number of aromatic nitrogens is 2. The summed E-state index contributed by atoms with van der Waals surface area (Å²) in [6.45, 7) is 1.86. The molecule has 1 aliphatic heterocycles. The van der Waals surface area contributed by atoms with Crippen LogP contribution in [-0.2, 0) is 10.0 Å². The van der Waals surface area contributed by atoms with Gasteiger partial charge in [-0.1, -0.05) is 48.0 Å². The summed E-state index contributed by atoms with van der Waals surface area (Å²) in [5.74, 6) is 0.852. The van der Waals surface area contributed by atoms with E-state index in [2.05, 4.69) is 32.4 Å².